The van der Waals surface area contributed by atoms with Crippen molar-refractivity contribution in [3.63, 3.8) is 0 Å². The smallest absolute Gasteiger partial charge is 0.408 e. The number of rotatable bonds is 6. The van der Waals surface area contributed by atoms with E-state index in [1.54, 1.807) is 46.0 Å². The van der Waals surface area contributed by atoms with Crippen molar-refractivity contribution in [1.29, 1.82) is 0 Å². The zero-order valence-corrected chi connectivity index (χ0v) is 18.9. The third-order valence-electron chi connectivity index (χ3n) is 5.51. The van der Waals surface area contributed by atoms with Crippen molar-refractivity contribution in [3.05, 3.63) is 42.1 Å². The van der Waals surface area contributed by atoms with Crippen LogP contribution in [-0.4, -0.2) is 35.2 Å². The van der Waals surface area contributed by atoms with E-state index in [-0.39, 0.29) is 11.3 Å². The molecule has 2 aliphatic rings. The molecule has 1 saturated carbocycles. The highest BCUT2D eigenvalue weighted by molar-refractivity contribution is 5.95. The Balaban J connectivity index is 1.38. The lowest BCUT2D eigenvalue weighted by atomic mass is 9.97. The minimum atomic E-state index is -0.732. The lowest BCUT2D eigenvalue weighted by molar-refractivity contribution is -0.118. The summed E-state index contributed by atoms with van der Waals surface area (Å²) in [4.78, 5) is 28.8. The van der Waals surface area contributed by atoms with Crippen LogP contribution in [0.15, 0.2) is 36.5 Å². The number of pyridine rings is 1. The first-order chi connectivity index (χ1) is 15.2. The molecule has 32 heavy (non-hydrogen) atoms. The number of ether oxygens (including phenoxy) is 3. The van der Waals surface area contributed by atoms with Crippen molar-refractivity contribution in [1.82, 2.24) is 10.3 Å². The maximum Gasteiger partial charge on any atom is 0.408 e. The fraction of sp³-hybridized carbons (Fsp3) is 0.458. The molecule has 1 spiro atoms. The molecule has 0 radical (unpaired) electrons. The lowest BCUT2D eigenvalue weighted by Gasteiger charge is -2.22. The van der Waals surface area contributed by atoms with Gasteiger partial charge in [0.1, 0.15) is 34.7 Å². The molecule has 2 heterocycles. The fourth-order valence-corrected chi connectivity index (χ4v) is 3.73. The standard InChI is InChI=1S/C24H29N3O5/c1-5-16(26-22(29)32-23(2,3)4)21(28)27-19-10-9-15(13-25-19)31-18-8-6-7-17-20(18)24(11-12-24)14-30-17/h6-10,13,16H,5,11-12,14H2,1-4H3,(H,26,29)(H,25,27,28)/t16-/m1/s1. The Hall–Kier alpha value is -3.29. The zero-order valence-electron chi connectivity index (χ0n) is 18.9. The normalized spacial score (nSPS) is 16.5. The SMILES string of the molecule is CC[C@@H](NC(=O)OC(C)(C)C)C(=O)Nc1ccc(Oc2cccc3c2C2(CC2)CO3)cn1. The topological polar surface area (TPSA) is 98.8 Å². The maximum absolute atomic E-state index is 12.6. The monoisotopic (exact) mass is 439 g/mol. The number of fused-ring (bicyclic) bond motifs is 2. The molecule has 8 nitrogen and oxygen atoms in total. The molecule has 0 unspecified atom stereocenters. The van der Waals surface area contributed by atoms with Gasteiger partial charge in [-0.3, -0.25) is 4.79 Å². The van der Waals surface area contributed by atoms with E-state index in [0.717, 1.165) is 29.9 Å². The molecule has 0 saturated heterocycles. The molecule has 1 aliphatic heterocycles. The number of nitrogens with zero attached hydrogens (tertiary/aromatic N) is 1. The molecule has 8 heteroatoms. The van der Waals surface area contributed by atoms with Gasteiger partial charge in [0.2, 0.25) is 5.91 Å². The molecule has 1 aromatic heterocycles. The first-order valence-corrected chi connectivity index (χ1v) is 10.9. The van der Waals surface area contributed by atoms with Gasteiger partial charge in [-0.1, -0.05) is 13.0 Å². The predicted octanol–water partition coefficient (Wildman–Crippen LogP) is 4.54. The highest BCUT2D eigenvalue weighted by Gasteiger charge is 2.52. The van der Waals surface area contributed by atoms with E-state index in [0.29, 0.717) is 24.6 Å². The Morgan fingerprint density at radius 1 is 1.22 bits per heavy atom. The number of anilines is 1. The number of aromatic nitrogens is 1. The number of alkyl carbamates (subject to hydrolysis) is 1. The summed E-state index contributed by atoms with van der Waals surface area (Å²) in [6.45, 7) is 7.82. The van der Waals surface area contributed by atoms with Crippen molar-refractivity contribution in [2.24, 2.45) is 0 Å². The highest BCUT2D eigenvalue weighted by Crippen LogP contribution is 2.58. The summed E-state index contributed by atoms with van der Waals surface area (Å²) < 4.78 is 17.1. The number of hydrogen-bond donors (Lipinski definition) is 2. The van der Waals surface area contributed by atoms with Gasteiger partial charge in [-0.05, 0) is 64.3 Å². The van der Waals surface area contributed by atoms with E-state index < -0.39 is 17.7 Å². The van der Waals surface area contributed by atoms with Crippen LogP contribution in [0.4, 0.5) is 10.6 Å². The van der Waals surface area contributed by atoms with E-state index in [4.69, 9.17) is 14.2 Å². The Labute approximate surface area is 187 Å². The van der Waals surface area contributed by atoms with Gasteiger partial charge >= 0.3 is 6.09 Å². The van der Waals surface area contributed by atoms with Crippen LogP contribution in [0, 0.1) is 0 Å². The molecule has 2 aromatic rings. The van der Waals surface area contributed by atoms with Crippen molar-refractivity contribution in [2.45, 2.75) is 64.0 Å². The van der Waals surface area contributed by atoms with Crippen LogP contribution in [0.3, 0.4) is 0 Å². The zero-order chi connectivity index (χ0) is 22.9. The van der Waals surface area contributed by atoms with Crippen LogP contribution >= 0.6 is 0 Å². The van der Waals surface area contributed by atoms with Crippen LogP contribution in [-0.2, 0) is 14.9 Å². The summed E-state index contributed by atoms with van der Waals surface area (Å²) in [5.74, 6) is 2.24. The van der Waals surface area contributed by atoms with Crippen LogP contribution < -0.4 is 20.1 Å². The minimum absolute atomic E-state index is 0.101. The molecule has 2 N–H and O–H groups in total. The summed E-state index contributed by atoms with van der Waals surface area (Å²) in [5, 5.41) is 5.31. The van der Waals surface area contributed by atoms with Crippen molar-refractivity contribution in [3.8, 4) is 17.2 Å². The summed E-state index contributed by atoms with van der Waals surface area (Å²) in [6, 6.07) is 8.52. The largest absolute Gasteiger partial charge is 0.492 e. The van der Waals surface area contributed by atoms with Gasteiger partial charge < -0.3 is 24.8 Å². The Kier molecular flexibility index (Phi) is 5.71. The molecule has 1 atom stereocenters. The molecule has 170 valence electrons. The second-order valence-electron chi connectivity index (χ2n) is 9.28. The number of carbonyl (C=O) groups excluding carboxylic acids is 2. The van der Waals surface area contributed by atoms with E-state index in [1.165, 1.54) is 0 Å². The number of nitrogens with one attached hydrogen (secondary N) is 2. The summed E-state index contributed by atoms with van der Waals surface area (Å²) in [5.41, 5.74) is 0.598. The molecule has 4 rings (SSSR count). The summed E-state index contributed by atoms with van der Waals surface area (Å²) in [6.07, 6.45) is 3.56. The van der Waals surface area contributed by atoms with Crippen molar-refractivity contribution in [2.75, 3.05) is 11.9 Å². The number of carbonyl (C=O) groups is 2. The van der Waals surface area contributed by atoms with E-state index in [9.17, 15) is 9.59 Å². The number of hydrogen-bond acceptors (Lipinski definition) is 6. The lowest BCUT2D eigenvalue weighted by Crippen LogP contribution is -2.45. The quantitative estimate of drug-likeness (QED) is 0.686. The van der Waals surface area contributed by atoms with Gasteiger partial charge in [-0.15, -0.1) is 0 Å². The van der Waals surface area contributed by atoms with Gasteiger partial charge in [0.25, 0.3) is 0 Å². The summed E-state index contributed by atoms with van der Waals surface area (Å²) >= 11 is 0. The third kappa shape index (κ3) is 4.79. The van der Waals surface area contributed by atoms with Gasteiger partial charge in [-0.2, -0.15) is 0 Å². The van der Waals surface area contributed by atoms with Crippen molar-refractivity contribution >= 4 is 17.8 Å². The molecule has 1 aromatic carbocycles. The first kappa shape index (κ1) is 21.9. The molecule has 2 amide bonds. The molecule has 0 bridgehead atoms. The molecular formula is C24H29N3O5. The minimum Gasteiger partial charge on any atom is -0.492 e. The van der Waals surface area contributed by atoms with Crippen LogP contribution in [0.25, 0.3) is 0 Å². The predicted molar refractivity (Wildman–Crippen MR) is 119 cm³/mol. The molecule has 1 fully saturated rings. The second-order valence-corrected chi connectivity index (χ2v) is 9.28. The fourth-order valence-electron chi connectivity index (χ4n) is 3.73. The Bertz CT molecular complexity index is 1010. The van der Waals surface area contributed by atoms with Gasteiger partial charge in [0, 0.05) is 11.0 Å². The number of benzene rings is 1. The Morgan fingerprint density at radius 2 is 2.00 bits per heavy atom. The van der Waals surface area contributed by atoms with E-state index in [1.807, 2.05) is 18.2 Å². The van der Waals surface area contributed by atoms with Crippen molar-refractivity contribution < 1.29 is 23.8 Å². The molecule has 1 aliphatic carbocycles. The van der Waals surface area contributed by atoms with Gasteiger partial charge in [0.15, 0.2) is 0 Å². The van der Waals surface area contributed by atoms with Crippen LogP contribution in [0.5, 0.6) is 17.2 Å². The van der Waals surface area contributed by atoms with Crippen LogP contribution in [0.2, 0.25) is 0 Å². The Morgan fingerprint density at radius 3 is 2.62 bits per heavy atom. The summed E-state index contributed by atoms with van der Waals surface area (Å²) in [7, 11) is 0. The van der Waals surface area contributed by atoms with E-state index >= 15 is 0 Å². The van der Waals surface area contributed by atoms with Crippen LogP contribution in [0.1, 0.15) is 52.5 Å². The van der Waals surface area contributed by atoms with Gasteiger partial charge in [-0.25, -0.2) is 9.78 Å². The highest BCUT2D eigenvalue weighted by atomic mass is 16.6. The third-order valence-corrected chi connectivity index (χ3v) is 5.51. The van der Waals surface area contributed by atoms with Gasteiger partial charge in [0.05, 0.1) is 12.8 Å². The first-order valence-electron chi connectivity index (χ1n) is 10.9. The average Bonchev–Trinajstić information content (AvgIpc) is 3.41. The second kappa shape index (κ2) is 8.33. The number of amides is 2. The average molecular weight is 440 g/mol. The maximum atomic E-state index is 12.6. The van der Waals surface area contributed by atoms with E-state index in [2.05, 4.69) is 15.6 Å². The molecular weight excluding hydrogens is 410 g/mol.